The number of benzene rings is 1. The van der Waals surface area contributed by atoms with Crippen LogP contribution in [-0.2, 0) is 10.2 Å². The first-order valence-electron chi connectivity index (χ1n) is 5.52. The fourth-order valence-corrected chi connectivity index (χ4v) is 2.79. The number of anilines is 1. The Morgan fingerprint density at radius 2 is 1.83 bits per heavy atom. The van der Waals surface area contributed by atoms with Gasteiger partial charge in [-0.15, -0.1) is 0 Å². The van der Waals surface area contributed by atoms with Crippen LogP contribution in [0, 0.1) is 0 Å². The highest BCUT2D eigenvalue weighted by molar-refractivity contribution is 7.90. The molecule has 6 nitrogen and oxygen atoms in total. The normalized spacial score (nSPS) is 11.5. The first kappa shape index (κ1) is 14.5. The van der Waals surface area contributed by atoms with E-state index in [-0.39, 0.29) is 11.3 Å². The van der Waals surface area contributed by atoms with Crippen molar-refractivity contribution in [3.63, 3.8) is 0 Å². The molecule has 0 heterocycles. The lowest BCUT2D eigenvalue weighted by atomic mass is 10.2. The number of nitrogens with zero attached hydrogens (tertiary/aromatic N) is 1. The molecule has 2 N–H and O–H groups in total. The molecule has 0 radical (unpaired) electrons. The number of carboxylic acid groups (broad SMARTS) is 1. The van der Waals surface area contributed by atoms with Crippen molar-refractivity contribution in [1.82, 2.24) is 4.31 Å². The van der Waals surface area contributed by atoms with Gasteiger partial charge in [0.2, 0.25) is 0 Å². The lowest BCUT2D eigenvalue weighted by Gasteiger charge is -2.20. The Hall–Kier alpha value is -1.60. The van der Waals surface area contributed by atoms with E-state index in [1.165, 1.54) is 16.4 Å². The molecular formula is C11H16N2O4S. The summed E-state index contributed by atoms with van der Waals surface area (Å²) in [5, 5.41) is 8.97. The van der Waals surface area contributed by atoms with Gasteiger partial charge in [-0.3, -0.25) is 4.72 Å². The number of hydrogen-bond donors (Lipinski definition) is 2. The number of carboxylic acids is 1. The van der Waals surface area contributed by atoms with Crippen LogP contribution in [0.3, 0.4) is 0 Å². The van der Waals surface area contributed by atoms with Crippen molar-refractivity contribution >= 4 is 21.9 Å². The number of rotatable bonds is 6. The Labute approximate surface area is 106 Å². The van der Waals surface area contributed by atoms with Gasteiger partial charge in [0.05, 0.1) is 11.3 Å². The largest absolute Gasteiger partial charge is 0.478 e. The molecule has 0 unspecified atom stereocenters. The minimum absolute atomic E-state index is 0.0666. The van der Waals surface area contributed by atoms with Crippen molar-refractivity contribution in [2.75, 3.05) is 17.8 Å². The molecule has 0 fully saturated rings. The lowest BCUT2D eigenvalue weighted by molar-refractivity contribution is 0.0698. The van der Waals surface area contributed by atoms with Gasteiger partial charge in [0.1, 0.15) is 0 Å². The zero-order chi connectivity index (χ0) is 13.8. The van der Waals surface area contributed by atoms with E-state index in [4.69, 9.17) is 5.11 Å². The molecule has 0 atom stereocenters. The minimum atomic E-state index is -3.71. The second-order valence-corrected chi connectivity index (χ2v) is 5.21. The van der Waals surface area contributed by atoms with E-state index in [0.717, 1.165) is 0 Å². The summed E-state index contributed by atoms with van der Waals surface area (Å²) in [6.45, 7) is 4.07. The summed E-state index contributed by atoms with van der Waals surface area (Å²) < 4.78 is 27.4. The van der Waals surface area contributed by atoms with Crippen LogP contribution in [0.25, 0.3) is 0 Å². The van der Waals surface area contributed by atoms with Crippen molar-refractivity contribution in [2.45, 2.75) is 13.8 Å². The Kier molecular flexibility index (Phi) is 4.69. The molecule has 1 aromatic rings. The van der Waals surface area contributed by atoms with Gasteiger partial charge in [-0.25, -0.2) is 4.79 Å². The van der Waals surface area contributed by atoms with Crippen molar-refractivity contribution in [2.24, 2.45) is 0 Å². The highest BCUT2D eigenvalue weighted by Gasteiger charge is 2.20. The van der Waals surface area contributed by atoms with Crippen LogP contribution in [0.2, 0.25) is 0 Å². The highest BCUT2D eigenvalue weighted by Crippen LogP contribution is 2.17. The van der Waals surface area contributed by atoms with E-state index < -0.39 is 16.2 Å². The summed E-state index contributed by atoms with van der Waals surface area (Å²) >= 11 is 0. The maximum absolute atomic E-state index is 12.0. The van der Waals surface area contributed by atoms with Crippen LogP contribution >= 0.6 is 0 Å². The molecule has 1 rings (SSSR count). The van der Waals surface area contributed by atoms with Gasteiger partial charge in [0, 0.05) is 13.1 Å². The van der Waals surface area contributed by atoms with Gasteiger partial charge in [-0.05, 0) is 12.1 Å². The quantitative estimate of drug-likeness (QED) is 0.819. The van der Waals surface area contributed by atoms with Crippen LogP contribution in [0.4, 0.5) is 5.69 Å². The third-order valence-electron chi connectivity index (χ3n) is 2.44. The molecule has 0 spiro atoms. The van der Waals surface area contributed by atoms with Crippen LogP contribution in [0.1, 0.15) is 24.2 Å². The van der Waals surface area contributed by atoms with E-state index in [1.54, 1.807) is 26.0 Å². The van der Waals surface area contributed by atoms with Crippen molar-refractivity contribution in [3.05, 3.63) is 29.8 Å². The van der Waals surface area contributed by atoms with Gasteiger partial charge in [-0.1, -0.05) is 26.0 Å². The first-order chi connectivity index (χ1) is 8.42. The molecule has 0 bridgehead atoms. The average molecular weight is 272 g/mol. The molecule has 7 heteroatoms. The summed E-state index contributed by atoms with van der Waals surface area (Å²) in [4.78, 5) is 11.0. The molecule has 100 valence electrons. The summed E-state index contributed by atoms with van der Waals surface area (Å²) in [6, 6.07) is 5.89. The molecule has 0 aliphatic carbocycles. The van der Waals surface area contributed by atoms with E-state index in [9.17, 15) is 13.2 Å². The van der Waals surface area contributed by atoms with Gasteiger partial charge in [0.15, 0.2) is 0 Å². The second-order valence-electron chi connectivity index (χ2n) is 3.54. The zero-order valence-electron chi connectivity index (χ0n) is 10.3. The number of nitrogens with one attached hydrogen (secondary N) is 1. The molecule has 0 saturated carbocycles. The number of carbonyl (C=O) groups is 1. The standard InChI is InChI=1S/C11H16N2O4S/c1-3-13(4-2)18(16,17)12-10-8-6-5-7-9(10)11(14)15/h5-8,12H,3-4H2,1-2H3,(H,14,15). The molecule has 0 aromatic heterocycles. The molecule has 0 aliphatic rings. The molecule has 1 aromatic carbocycles. The van der Waals surface area contributed by atoms with Crippen LogP contribution < -0.4 is 4.72 Å². The number of hydrogen-bond acceptors (Lipinski definition) is 3. The van der Waals surface area contributed by atoms with E-state index in [1.807, 2.05) is 0 Å². The number of para-hydroxylation sites is 1. The van der Waals surface area contributed by atoms with Gasteiger partial charge < -0.3 is 5.11 Å². The molecule has 0 saturated heterocycles. The van der Waals surface area contributed by atoms with E-state index in [0.29, 0.717) is 13.1 Å². The molecule has 0 aliphatic heterocycles. The van der Waals surface area contributed by atoms with Crippen LogP contribution in [0.5, 0.6) is 0 Å². The average Bonchev–Trinajstić information content (AvgIpc) is 2.29. The monoisotopic (exact) mass is 272 g/mol. The van der Waals surface area contributed by atoms with Crippen molar-refractivity contribution in [3.8, 4) is 0 Å². The maximum Gasteiger partial charge on any atom is 0.337 e. The molecular weight excluding hydrogens is 256 g/mol. The number of aromatic carboxylic acids is 1. The Bertz CT molecular complexity index is 524. The Morgan fingerprint density at radius 3 is 2.33 bits per heavy atom. The maximum atomic E-state index is 12.0. The molecule has 18 heavy (non-hydrogen) atoms. The third kappa shape index (κ3) is 3.21. The summed E-state index contributed by atoms with van der Waals surface area (Å²) in [7, 11) is -3.71. The first-order valence-corrected chi connectivity index (χ1v) is 6.96. The van der Waals surface area contributed by atoms with Crippen LogP contribution in [0.15, 0.2) is 24.3 Å². The highest BCUT2D eigenvalue weighted by atomic mass is 32.2. The lowest BCUT2D eigenvalue weighted by Crippen LogP contribution is -2.35. The third-order valence-corrected chi connectivity index (χ3v) is 4.12. The van der Waals surface area contributed by atoms with Gasteiger partial charge in [-0.2, -0.15) is 12.7 Å². The summed E-state index contributed by atoms with van der Waals surface area (Å²) in [5.41, 5.74) is -0.00914. The zero-order valence-corrected chi connectivity index (χ0v) is 11.1. The summed E-state index contributed by atoms with van der Waals surface area (Å²) in [6.07, 6.45) is 0. The van der Waals surface area contributed by atoms with Crippen molar-refractivity contribution in [1.29, 1.82) is 0 Å². The van der Waals surface area contributed by atoms with Gasteiger partial charge >= 0.3 is 16.2 Å². The van der Waals surface area contributed by atoms with E-state index in [2.05, 4.69) is 4.72 Å². The van der Waals surface area contributed by atoms with E-state index >= 15 is 0 Å². The molecule has 0 amide bonds. The summed E-state index contributed by atoms with van der Waals surface area (Å²) in [5.74, 6) is -1.17. The minimum Gasteiger partial charge on any atom is -0.478 e. The topological polar surface area (TPSA) is 86.7 Å². The Morgan fingerprint density at radius 1 is 1.28 bits per heavy atom. The predicted molar refractivity (Wildman–Crippen MR) is 68.9 cm³/mol. The fourth-order valence-electron chi connectivity index (χ4n) is 1.53. The SMILES string of the molecule is CCN(CC)S(=O)(=O)Nc1ccccc1C(=O)O. The second kappa shape index (κ2) is 5.83. The Balaban J connectivity index is 3.08. The smallest absolute Gasteiger partial charge is 0.337 e. The van der Waals surface area contributed by atoms with Gasteiger partial charge in [0.25, 0.3) is 0 Å². The van der Waals surface area contributed by atoms with Crippen LogP contribution in [-0.4, -0.2) is 36.9 Å². The predicted octanol–water partition coefficient (Wildman–Crippen LogP) is 1.38. The fraction of sp³-hybridized carbons (Fsp3) is 0.364. The van der Waals surface area contributed by atoms with Crippen molar-refractivity contribution < 1.29 is 18.3 Å².